The van der Waals surface area contributed by atoms with E-state index in [4.69, 9.17) is 0 Å². The van der Waals surface area contributed by atoms with Crippen molar-refractivity contribution in [3.63, 3.8) is 0 Å². The molecule has 0 amide bonds. The second-order valence-corrected chi connectivity index (χ2v) is 5.79. The summed E-state index contributed by atoms with van der Waals surface area (Å²) in [6, 6.07) is 0.728. The van der Waals surface area contributed by atoms with Crippen LogP contribution in [0.2, 0.25) is 0 Å². The normalized spacial score (nSPS) is 25.3. The minimum Gasteiger partial charge on any atom is -0.313 e. The molecule has 1 aliphatic carbocycles. The quantitative estimate of drug-likeness (QED) is 0.746. The minimum absolute atomic E-state index is 0.728. The highest BCUT2D eigenvalue weighted by atomic mass is 15.1. The van der Waals surface area contributed by atoms with Crippen LogP contribution in [0.3, 0.4) is 0 Å². The number of likely N-dealkylation sites (tertiary alicyclic amines) is 1. The highest BCUT2D eigenvalue weighted by Gasteiger charge is 2.17. The lowest BCUT2D eigenvalue weighted by molar-refractivity contribution is 0.319. The second kappa shape index (κ2) is 6.61. The van der Waals surface area contributed by atoms with Crippen LogP contribution in [0.15, 0.2) is 0 Å². The van der Waals surface area contributed by atoms with Gasteiger partial charge in [-0.15, -0.1) is 0 Å². The van der Waals surface area contributed by atoms with Crippen molar-refractivity contribution < 1.29 is 0 Å². The van der Waals surface area contributed by atoms with E-state index >= 15 is 0 Å². The number of nitrogens with one attached hydrogen (secondary N) is 1. The second-order valence-electron chi connectivity index (χ2n) is 5.79. The zero-order valence-corrected chi connectivity index (χ0v) is 10.9. The maximum absolute atomic E-state index is 3.69. The van der Waals surface area contributed by atoms with Crippen molar-refractivity contribution in [1.29, 1.82) is 0 Å². The third-order valence-corrected chi connectivity index (χ3v) is 4.28. The molecule has 16 heavy (non-hydrogen) atoms. The molecule has 94 valence electrons. The van der Waals surface area contributed by atoms with Gasteiger partial charge in [0.25, 0.3) is 0 Å². The molecular weight excluding hydrogens is 196 g/mol. The van der Waals surface area contributed by atoms with E-state index in [1.54, 1.807) is 0 Å². The van der Waals surface area contributed by atoms with Crippen molar-refractivity contribution in [3.8, 4) is 0 Å². The molecular formula is C14H28N2. The van der Waals surface area contributed by atoms with E-state index in [0.717, 1.165) is 12.0 Å². The fraction of sp³-hybridized carbons (Fsp3) is 1.00. The Morgan fingerprint density at radius 2 is 1.81 bits per heavy atom. The summed E-state index contributed by atoms with van der Waals surface area (Å²) in [5, 5.41) is 3.69. The average molecular weight is 224 g/mol. The van der Waals surface area contributed by atoms with Crippen LogP contribution in [0, 0.1) is 5.92 Å². The van der Waals surface area contributed by atoms with Crippen molar-refractivity contribution in [2.75, 3.05) is 26.2 Å². The van der Waals surface area contributed by atoms with Crippen molar-refractivity contribution in [3.05, 3.63) is 0 Å². The molecule has 2 fully saturated rings. The summed E-state index contributed by atoms with van der Waals surface area (Å²) < 4.78 is 0. The van der Waals surface area contributed by atoms with Gasteiger partial charge in [-0.2, -0.15) is 0 Å². The highest BCUT2D eigenvalue weighted by molar-refractivity contribution is 4.74. The first-order valence-corrected chi connectivity index (χ1v) is 7.30. The standard InChI is InChI=1S/C14H28N2/c1-13(12-14-6-2-3-7-14)15-8-11-16-9-4-5-10-16/h13-15H,2-12H2,1H3. The molecule has 0 radical (unpaired) electrons. The maximum atomic E-state index is 3.69. The van der Waals surface area contributed by atoms with E-state index in [9.17, 15) is 0 Å². The van der Waals surface area contributed by atoms with Gasteiger partial charge in [0, 0.05) is 19.1 Å². The van der Waals surface area contributed by atoms with Crippen molar-refractivity contribution in [2.45, 2.75) is 57.9 Å². The van der Waals surface area contributed by atoms with Gasteiger partial charge in [0.2, 0.25) is 0 Å². The van der Waals surface area contributed by atoms with E-state index in [-0.39, 0.29) is 0 Å². The SMILES string of the molecule is CC(CC1CCCC1)NCCN1CCCC1. The molecule has 1 aliphatic heterocycles. The monoisotopic (exact) mass is 224 g/mol. The smallest absolute Gasteiger partial charge is 0.0107 e. The molecule has 1 heterocycles. The first-order valence-electron chi connectivity index (χ1n) is 7.30. The predicted molar refractivity (Wildman–Crippen MR) is 69.7 cm³/mol. The Kier molecular flexibility index (Phi) is 5.11. The van der Waals surface area contributed by atoms with Crippen LogP contribution < -0.4 is 5.32 Å². The van der Waals surface area contributed by atoms with Gasteiger partial charge in [-0.25, -0.2) is 0 Å². The zero-order valence-electron chi connectivity index (χ0n) is 10.9. The molecule has 2 nitrogen and oxygen atoms in total. The van der Waals surface area contributed by atoms with E-state index in [1.165, 1.54) is 71.1 Å². The summed E-state index contributed by atoms with van der Waals surface area (Å²) in [4.78, 5) is 2.59. The number of nitrogens with zero attached hydrogens (tertiary/aromatic N) is 1. The van der Waals surface area contributed by atoms with E-state index in [1.807, 2.05) is 0 Å². The summed E-state index contributed by atoms with van der Waals surface area (Å²) in [6.07, 6.45) is 10.2. The Morgan fingerprint density at radius 1 is 1.12 bits per heavy atom. The lowest BCUT2D eigenvalue weighted by atomic mass is 9.99. The summed E-state index contributed by atoms with van der Waals surface area (Å²) in [5.41, 5.74) is 0. The Morgan fingerprint density at radius 3 is 2.50 bits per heavy atom. The summed E-state index contributed by atoms with van der Waals surface area (Å²) in [6.45, 7) is 7.47. The summed E-state index contributed by atoms with van der Waals surface area (Å²) in [5.74, 6) is 1.02. The Labute approximate surface area is 101 Å². The van der Waals surface area contributed by atoms with E-state index in [2.05, 4.69) is 17.1 Å². The van der Waals surface area contributed by atoms with Gasteiger partial charge in [-0.05, 0) is 45.2 Å². The lowest BCUT2D eigenvalue weighted by Gasteiger charge is -2.20. The van der Waals surface area contributed by atoms with Gasteiger partial charge in [0.05, 0.1) is 0 Å². The zero-order chi connectivity index (χ0) is 11.2. The molecule has 0 spiro atoms. The average Bonchev–Trinajstić information content (AvgIpc) is 2.90. The number of hydrogen-bond acceptors (Lipinski definition) is 2. The molecule has 2 rings (SSSR count). The maximum Gasteiger partial charge on any atom is 0.0107 e. The van der Waals surface area contributed by atoms with Crippen LogP contribution in [-0.2, 0) is 0 Å². The lowest BCUT2D eigenvalue weighted by Crippen LogP contribution is -2.35. The molecule has 1 saturated heterocycles. The molecule has 1 atom stereocenters. The summed E-state index contributed by atoms with van der Waals surface area (Å²) >= 11 is 0. The Hall–Kier alpha value is -0.0800. The first kappa shape index (κ1) is 12.4. The molecule has 1 N–H and O–H groups in total. The molecule has 1 saturated carbocycles. The number of rotatable bonds is 6. The van der Waals surface area contributed by atoms with Crippen molar-refractivity contribution >= 4 is 0 Å². The minimum atomic E-state index is 0.728. The molecule has 2 heteroatoms. The van der Waals surface area contributed by atoms with Crippen LogP contribution in [0.5, 0.6) is 0 Å². The summed E-state index contributed by atoms with van der Waals surface area (Å²) in [7, 11) is 0. The topological polar surface area (TPSA) is 15.3 Å². The number of hydrogen-bond donors (Lipinski definition) is 1. The molecule has 1 unspecified atom stereocenters. The van der Waals surface area contributed by atoms with Crippen LogP contribution in [-0.4, -0.2) is 37.1 Å². The molecule has 0 aromatic carbocycles. The molecule has 0 aromatic heterocycles. The Balaban J connectivity index is 1.51. The molecule has 2 aliphatic rings. The van der Waals surface area contributed by atoms with E-state index < -0.39 is 0 Å². The van der Waals surface area contributed by atoms with Gasteiger partial charge in [0.15, 0.2) is 0 Å². The Bertz CT molecular complexity index is 181. The predicted octanol–water partition coefficient (Wildman–Crippen LogP) is 2.64. The van der Waals surface area contributed by atoms with Gasteiger partial charge >= 0.3 is 0 Å². The van der Waals surface area contributed by atoms with Crippen LogP contribution in [0.4, 0.5) is 0 Å². The third kappa shape index (κ3) is 4.06. The largest absolute Gasteiger partial charge is 0.313 e. The van der Waals surface area contributed by atoms with Gasteiger partial charge < -0.3 is 10.2 Å². The fourth-order valence-corrected chi connectivity index (χ4v) is 3.30. The van der Waals surface area contributed by atoms with Gasteiger partial charge in [0.1, 0.15) is 0 Å². The van der Waals surface area contributed by atoms with Crippen molar-refractivity contribution in [1.82, 2.24) is 10.2 Å². The highest BCUT2D eigenvalue weighted by Crippen LogP contribution is 2.28. The van der Waals surface area contributed by atoms with Crippen LogP contribution in [0.1, 0.15) is 51.9 Å². The fourth-order valence-electron chi connectivity index (χ4n) is 3.30. The molecule has 0 aromatic rings. The van der Waals surface area contributed by atoms with Gasteiger partial charge in [-0.3, -0.25) is 0 Å². The van der Waals surface area contributed by atoms with E-state index in [0.29, 0.717) is 0 Å². The third-order valence-electron chi connectivity index (χ3n) is 4.28. The van der Waals surface area contributed by atoms with Gasteiger partial charge in [-0.1, -0.05) is 25.7 Å². The van der Waals surface area contributed by atoms with Crippen LogP contribution in [0.25, 0.3) is 0 Å². The first-order chi connectivity index (χ1) is 7.84. The molecule has 0 bridgehead atoms. The van der Waals surface area contributed by atoms with Crippen molar-refractivity contribution in [2.24, 2.45) is 5.92 Å². The van der Waals surface area contributed by atoms with Crippen LogP contribution >= 0.6 is 0 Å².